The highest BCUT2D eigenvalue weighted by Crippen LogP contribution is 2.53. The number of rotatable bonds is 5. The van der Waals surface area contributed by atoms with Gasteiger partial charge >= 0.3 is 0 Å². The van der Waals surface area contributed by atoms with Crippen LogP contribution in [0.2, 0.25) is 0 Å². The van der Waals surface area contributed by atoms with Crippen molar-refractivity contribution in [1.82, 2.24) is 10.3 Å². The molecule has 0 bridgehead atoms. The molecular weight excluding hydrogens is 248 g/mol. The quantitative estimate of drug-likeness (QED) is 0.894. The van der Waals surface area contributed by atoms with Gasteiger partial charge in [0.25, 0.3) is 0 Å². The van der Waals surface area contributed by atoms with Crippen molar-refractivity contribution in [2.75, 3.05) is 6.61 Å². The Morgan fingerprint density at radius 3 is 2.70 bits per heavy atom. The molecule has 0 aliphatic heterocycles. The Balaban J connectivity index is 1.61. The molecule has 0 aromatic carbocycles. The molecule has 0 saturated heterocycles. The van der Waals surface area contributed by atoms with E-state index in [9.17, 15) is 0 Å². The summed E-state index contributed by atoms with van der Waals surface area (Å²) in [6, 6.07) is 4.82. The van der Waals surface area contributed by atoms with Crippen LogP contribution in [0, 0.1) is 5.41 Å². The zero-order valence-electron chi connectivity index (χ0n) is 12.5. The Morgan fingerprint density at radius 1 is 1.25 bits per heavy atom. The zero-order chi connectivity index (χ0) is 13.8. The molecule has 2 aliphatic rings. The van der Waals surface area contributed by atoms with Gasteiger partial charge in [-0.3, -0.25) is 4.98 Å². The van der Waals surface area contributed by atoms with E-state index in [4.69, 9.17) is 4.74 Å². The summed E-state index contributed by atoms with van der Waals surface area (Å²) in [5.74, 6) is 0. The molecule has 1 spiro atoms. The van der Waals surface area contributed by atoms with Crippen molar-refractivity contribution in [3.05, 3.63) is 30.1 Å². The van der Waals surface area contributed by atoms with Crippen LogP contribution in [0.5, 0.6) is 0 Å². The smallest absolute Gasteiger partial charge is 0.0661 e. The lowest BCUT2D eigenvalue weighted by atomic mass is 9.55. The van der Waals surface area contributed by atoms with Gasteiger partial charge in [0.1, 0.15) is 0 Å². The second-order valence-corrected chi connectivity index (χ2v) is 6.26. The zero-order valence-corrected chi connectivity index (χ0v) is 12.5. The molecule has 2 fully saturated rings. The molecule has 3 heteroatoms. The molecule has 1 heterocycles. The molecule has 0 radical (unpaired) electrons. The number of hydrogen-bond donors (Lipinski definition) is 1. The molecular formula is C17H26N2O. The van der Waals surface area contributed by atoms with E-state index >= 15 is 0 Å². The molecule has 3 rings (SSSR count). The summed E-state index contributed by atoms with van der Waals surface area (Å²) in [6.07, 6.45) is 12.2. The highest BCUT2D eigenvalue weighted by molar-refractivity contribution is 5.13. The van der Waals surface area contributed by atoms with Crippen molar-refractivity contribution in [2.45, 2.75) is 64.1 Å². The molecule has 0 amide bonds. The Labute approximate surface area is 122 Å². The van der Waals surface area contributed by atoms with E-state index in [1.165, 1.54) is 44.1 Å². The lowest BCUT2D eigenvalue weighted by molar-refractivity contribution is -0.150. The van der Waals surface area contributed by atoms with Crippen molar-refractivity contribution in [2.24, 2.45) is 5.41 Å². The molecule has 110 valence electrons. The van der Waals surface area contributed by atoms with E-state index in [0.717, 1.165) is 13.2 Å². The first kappa shape index (κ1) is 14.0. The fraction of sp³-hybridized carbons (Fsp3) is 0.706. The summed E-state index contributed by atoms with van der Waals surface area (Å²) < 4.78 is 6.00. The maximum atomic E-state index is 6.00. The lowest BCUT2D eigenvalue weighted by Gasteiger charge is -2.58. The Hall–Kier alpha value is -0.930. The molecule has 2 atom stereocenters. The second-order valence-electron chi connectivity index (χ2n) is 6.26. The number of aromatic nitrogens is 1. The van der Waals surface area contributed by atoms with Crippen LogP contribution in [0.4, 0.5) is 0 Å². The third-order valence-electron chi connectivity index (χ3n) is 5.24. The van der Waals surface area contributed by atoms with Gasteiger partial charge in [0, 0.05) is 37.0 Å². The summed E-state index contributed by atoms with van der Waals surface area (Å²) in [5, 5.41) is 3.78. The van der Waals surface area contributed by atoms with Crippen molar-refractivity contribution >= 4 is 0 Å². The molecule has 2 unspecified atom stereocenters. The molecule has 1 N–H and O–H groups in total. The van der Waals surface area contributed by atoms with Crippen LogP contribution >= 0.6 is 0 Å². The van der Waals surface area contributed by atoms with Gasteiger partial charge in [0.05, 0.1) is 6.10 Å². The number of pyridine rings is 1. The monoisotopic (exact) mass is 274 g/mol. The summed E-state index contributed by atoms with van der Waals surface area (Å²) in [7, 11) is 0. The van der Waals surface area contributed by atoms with Crippen LogP contribution in [-0.2, 0) is 11.3 Å². The Bertz CT molecular complexity index is 414. The predicted molar refractivity (Wildman–Crippen MR) is 80.4 cm³/mol. The highest BCUT2D eigenvalue weighted by Gasteiger charge is 2.55. The minimum Gasteiger partial charge on any atom is -0.378 e. The summed E-state index contributed by atoms with van der Waals surface area (Å²) in [6.45, 7) is 3.92. The standard InChI is InChI=1S/C17H26N2O/c1-2-20-16-12-15(17(16)8-4-3-5-9-17)19-13-14-6-10-18-11-7-14/h6-7,10-11,15-16,19H,2-5,8-9,12-13H2,1H3. The fourth-order valence-electron chi connectivity index (χ4n) is 4.09. The van der Waals surface area contributed by atoms with E-state index in [1.807, 2.05) is 12.4 Å². The Kier molecular flexibility index (Phi) is 4.37. The summed E-state index contributed by atoms with van der Waals surface area (Å²) in [4.78, 5) is 4.08. The summed E-state index contributed by atoms with van der Waals surface area (Å²) >= 11 is 0. The summed E-state index contributed by atoms with van der Waals surface area (Å²) in [5.41, 5.74) is 1.74. The lowest BCUT2D eigenvalue weighted by Crippen LogP contribution is -2.64. The van der Waals surface area contributed by atoms with Crippen LogP contribution < -0.4 is 5.32 Å². The molecule has 2 aliphatic carbocycles. The maximum Gasteiger partial charge on any atom is 0.0661 e. The first-order valence-electron chi connectivity index (χ1n) is 8.09. The van der Waals surface area contributed by atoms with E-state index in [2.05, 4.69) is 29.4 Å². The number of hydrogen-bond acceptors (Lipinski definition) is 3. The third kappa shape index (κ3) is 2.61. The number of nitrogens with zero attached hydrogens (tertiary/aromatic N) is 1. The minimum atomic E-state index is 0.418. The minimum absolute atomic E-state index is 0.418. The van der Waals surface area contributed by atoms with Gasteiger partial charge < -0.3 is 10.1 Å². The second kappa shape index (κ2) is 6.23. The van der Waals surface area contributed by atoms with Crippen LogP contribution in [0.25, 0.3) is 0 Å². The van der Waals surface area contributed by atoms with Gasteiger partial charge in [0.2, 0.25) is 0 Å². The van der Waals surface area contributed by atoms with Gasteiger partial charge in [-0.15, -0.1) is 0 Å². The largest absolute Gasteiger partial charge is 0.378 e. The van der Waals surface area contributed by atoms with Crippen molar-refractivity contribution in [3.8, 4) is 0 Å². The van der Waals surface area contributed by atoms with Crippen LogP contribution in [0.3, 0.4) is 0 Å². The van der Waals surface area contributed by atoms with Crippen LogP contribution in [0.15, 0.2) is 24.5 Å². The molecule has 20 heavy (non-hydrogen) atoms. The van der Waals surface area contributed by atoms with Crippen LogP contribution in [-0.4, -0.2) is 23.7 Å². The molecule has 3 nitrogen and oxygen atoms in total. The molecule has 1 aromatic rings. The maximum absolute atomic E-state index is 6.00. The highest BCUT2D eigenvalue weighted by atomic mass is 16.5. The van der Waals surface area contributed by atoms with Gasteiger partial charge in [-0.05, 0) is 43.9 Å². The van der Waals surface area contributed by atoms with Gasteiger partial charge in [-0.1, -0.05) is 19.3 Å². The third-order valence-corrected chi connectivity index (χ3v) is 5.24. The van der Waals surface area contributed by atoms with E-state index in [0.29, 0.717) is 17.6 Å². The normalized spacial score (nSPS) is 28.2. The van der Waals surface area contributed by atoms with E-state index < -0.39 is 0 Å². The van der Waals surface area contributed by atoms with E-state index in [-0.39, 0.29) is 0 Å². The number of nitrogens with one attached hydrogen (secondary N) is 1. The average Bonchev–Trinajstić information content (AvgIpc) is 2.52. The van der Waals surface area contributed by atoms with Gasteiger partial charge in [-0.25, -0.2) is 0 Å². The molecule has 1 aromatic heterocycles. The predicted octanol–water partition coefficient (Wildman–Crippen LogP) is 3.30. The Morgan fingerprint density at radius 2 is 2.00 bits per heavy atom. The first-order valence-corrected chi connectivity index (χ1v) is 8.09. The topological polar surface area (TPSA) is 34.1 Å². The number of ether oxygens (including phenoxy) is 1. The SMILES string of the molecule is CCOC1CC(NCc2ccncc2)C12CCCCC2. The van der Waals surface area contributed by atoms with Crippen molar-refractivity contribution in [3.63, 3.8) is 0 Å². The van der Waals surface area contributed by atoms with Gasteiger partial charge in [0.15, 0.2) is 0 Å². The van der Waals surface area contributed by atoms with Gasteiger partial charge in [-0.2, -0.15) is 0 Å². The average molecular weight is 274 g/mol. The fourth-order valence-corrected chi connectivity index (χ4v) is 4.09. The molecule has 2 saturated carbocycles. The van der Waals surface area contributed by atoms with E-state index in [1.54, 1.807) is 0 Å². The van der Waals surface area contributed by atoms with Crippen LogP contribution in [0.1, 0.15) is 51.0 Å². The first-order chi connectivity index (χ1) is 9.85. The van der Waals surface area contributed by atoms with Crippen molar-refractivity contribution in [1.29, 1.82) is 0 Å². The van der Waals surface area contributed by atoms with Crippen molar-refractivity contribution < 1.29 is 4.74 Å².